The van der Waals surface area contributed by atoms with Crippen LogP contribution in [0, 0.1) is 0 Å². The lowest BCUT2D eigenvalue weighted by Crippen LogP contribution is -2.42. The van der Waals surface area contributed by atoms with Gasteiger partial charge in [0.25, 0.3) is 0 Å². The van der Waals surface area contributed by atoms with Gasteiger partial charge in [-0.15, -0.1) is 0 Å². The summed E-state index contributed by atoms with van der Waals surface area (Å²) < 4.78 is 0. The number of rotatable bonds is 9. The maximum atomic E-state index is 11.9. The first-order valence-corrected chi connectivity index (χ1v) is 6.60. The minimum atomic E-state index is -1.18. The van der Waals surface area contributed by atoms with E-state index >= 15 is 0 Å². The maximum absolute atomic E-state index is 11.9. The number of carbonyl (C=O) groups excluding carboxylic acids is 1. The molecule has 0 saturated carbocycles. The van der Waals surface area contributed by atoms with Gasteiger partial charge in [-0.2, -0.15) is 11.8 Å². The Morgan fingerprint density at radius 1 is 1.17 bits per heavy atom. The highest BCUT2D eigenvalue weighted by Gasteiger charge is 2.27. The van der Waals surface area contributed by atoms with Crippen molar-refractivity contribution in [3.63, 3.8) is 0 Å². The summed E-state index contributed by atoms with van der Waals surface area (Å²) in [6.07, 6.45) is 1.48. The topological polar surface area (TPSA) is 144 Å². The number of carboxylic acids is 2. The summed E-state index contributed by atoms with van der Waals surface area (Å²) in [6.45, 7) is 0. The fraction of sp³-hybridized carbons (Fsp3) is 0.700. The van der Waals surface area contributed by atoms with Crippen LogP contribution in [-0.2, 0) is 14.4 Å². The fourth-order valence-corrected chi connectivity index (χ4v) is 2.13. The van der Waals surface area contributed by atoms with Gasteiger partial charge in [0, 0.05) is 6.42 Å². The number of nitrogens with two attached hydrogens (primary N) is 2. The molecule has 0 aromatic heterocycles. The largest absolute Gasteiger partial charge is 0.481 e. The Morgan fingerprint density at radius 2 is 1.72 bits per heavy atom. The Kier molecular flexibility index (Phi) is 7.56. The average Bonchev–Trinajstić information content (AvgIpc) is 2.31. The summed E-state index contributed by atoms with van der Waals surface area (Å²) in [5, 5.41) is 16.5. The molecule has 0 saturated heterocycles. The van der Waals surface area contributed by atoms with E-state index in [2.05, 4.69) is 0 Å². The van der Waals surface area contributed by atoms with E-state index in [1.807, 2.05) is 0 Å². The fourth-order valence-electron chi connectivity index (χ4n) is 1.32. The van der Waals surface area contributed by atoms with Crippen molar-refractivity contribution >= 4 is 29.5 Å². The smallest absolute Gasteiger partial charge is 0.320 e. The van der Waals surface area contributed by atoms with E-state index in [1.165, 1.54) is 11.8 Å². The van der Waals surface area contributed by atoms with Crippen LogP contribution in [0.25, 0.3) is 0 Å². The van der Waals surface area contributed by atoms with E-state index in [1.54, 1.807) is 6.26 Å². The van der Waals surface area contributed by atoms with Gasteiger partial charge in [0.2, 0.25) is 0 Å². The molecule has 0 radical (unpaired) electrons. The van der Waals surface area contributed by atoms with Crippen LogP contribution in [0.1, 0.15) is 19.3 Å². The Morgan fingerprint density at radius 3 is 2.11 bits per heavy atom. The number of hydrogen-bond donors (Lipinski definition) is 4. The molecule has 0 bridgehead atoms. The van der Waals surface area contributed by atoms with Gasteiger partial charge in [0.1, 0.15) is 6.04 Å². The highest BCUT2D eigenvalue weighted by Crippen LogP contribution is 2.16. The van der Waals surface area contributed by atoms with Gasteiger partial charge >= 0.3 is 11.9 Å². The van der Waals surface area contributed by atoms with Crippen LogP contribution in [0.4, 0.5) is 0 Å². The molecule has 0 fully saturated rings. The second-order valence-corrected chi connectivity index (χ2v) is 4.89. The van der Waals surface area contributed by atoms with Crippen molar-refractivity contribution in [2.24, 2.45) is 11.5 Å². The van der Waals surface area contributed by atoms with Gasteiger partial charge in [-0.1, -0.05) is 0 Å². The van der Waals surface area contributed by atoms with Crippen LogP contribution >= 0.6 is 11.8 Å². The third kappa shape index (κ3) is 5.99. The molecule has 0 aromatic carbocycles. The highest BCUT2D eigenvalue weighted by molar-refractivity contribution is 7.99. The van der Waals surface area contributed by atoms with Gasteiger partial charge in [0.15, 0.2) is 5.78 Å². The normalized spacial score (nSPS) is 15.7. The number of Topliss-reactive ketones (excluding diaryl/α,β-unsaturated/α-hetero) is 1. The minimum Gasteiger partial charge on any atom is -0.481 e. The Hall–Kier alpha value is -1.12. The van der Waals surface area contributed by atoms with Gasteiger partial charge < -0.3 is 21.7 Å². The summed E-state index contributed by atoms with van der Waals surface area (Å²) in [6, 6.07) is -2.03. The monoisotopic (exact) mass is 278 g/mol. The van der Waals surface area contributed by atoms with E-state index in [9.17, 15) is 14.4 Å². The molecule has 6 N–H and O–H groups in total. The zero-order valence-corrected chi connectivity index (χ0v) is 10.9. The second-order valence-electron chi connectivity index (χ2n) is 3.85. The number of carbonyl (C=O) groups is 3. The second kappa shape index (κ2) is 8.06. The average molecular weight is 278 g/mol. The van der Waals surface area contributed by atoms with Crippen molar-refractivity contribution in [1.29, 1.82) is 0 Å². The summed E-state index contributed by atoms with van der Waals surface area (Å²) in [5.74, 6) is -2.57. The van der Waals surface area contributed by atoms with Crippen molar-refractivity contribution < 1.29 is 24.6 Å². The first kappa shape index (κ1) is 16.9. The molecule has 0 amide bonds. The summed E-state index contributed by atoms with van der Waals surface area (Å²) >= 11 is 1.17. The van der Waals surface area contributed by atoms with Crippen LogP contribution in [0.5, 0.6) is 0 Å². The minimum absolute atomic E-state index is 0.0178. The molecule has 0 heterocycles. The number of carboxylic acid groups (broad SMARTS) is 2. The van der Waals surface area contributed by atoms with Gasteiger partial charge in [-0.05, 0) is 19.1 Å². The lowest BCUT2D eigenvalue weighted by molar-refractivity contribution is -0.139. The maximum Gasteiger partial charge on any atom is 0.320 e. The first-order chi connectivity index (χ1) is 8.29. The number of thioether (sulfide) groups is 1. The van der Waals surface area contributed by atoms with Gasteiger partial charge in [-0.25, -0.2) is 0 Å². The summed E-state index contributed by atoms with van der Waals surface area (Å²) in [7, 11) is 0. The van der Waals surface area contributed by atoms with Gasteiger partial charge in [0.05, 0.1) is 11.3 Å². The van der Waals surface area contributed by atoms with E-state index in [0.717, 1.165) is 0 Å². The lowest BCUT2D eigenvalue weighted by Gasteiger charge is -2.19. The van der Waals surface area contributed by atoms with E-state index in [4.69, 9.17) is 21.7 Å². The van der Waals surface area contributed by atoms with Crippen molar-refractivity contribution in [2.45, 2.75) is 36.6 Å². The highest BCUT2D eigenvalue weighted by atomic mass is 32.2. The number of aliphatic carboxylic acids is 2. The molecule has 8 heteroatoms. The lowest BCUT2D eigenvalue weighted by atomic mass is 10.0. The van der Waals surface area contributed by atoms with E-state index < -0.39 is 29.3 Å². The molecule has 104 valence electrons. The molecule has 7 nitrogen and oxygen atoms in total. The van der Waals surface area contributed by atoms with Crippen molar-refractivity contribution in [3.05, 3.63) is 0 Å². The SMILES string of the molecule is CSC(C[C@H](N)C(=O)O)C(=O)[C@@H](N)CCC(=O)O. The molecule has 3 atom stereocenters. The standard InChI is InChI=1S/C10H18N2O5S/c1-18-7(4-6(12)10(16)17)9(15)5(11)2-3-8(13)14/h5-7H,2-4,11-12H2,1H3,(H,13,14)(H,16,17)/t5-,6-,7?/m0/s1. The molecule has 18 heavy (non-hydrogen) atoms. The van der Waals surface area contributed by atoms with E-state index in [0.29, 0.717) is 0 Å². The van der Waals surface area contributed by atoms with E-state index in [-0.39, 0.29) is 25.0 Å². The van der Waals surface area contributed by atoms with Crippen LogP contribution in [0.2, 0.25) is 0 Å². The predicted octanol–water partition coefficient (Wildman–Crippen LogP) is -0.719. The van der Waals surface area contributed by atoms with Crippen LogP contribution in [-0.4, -0.2) is 51.5 Å². The first-order valence-electron chi connectivity index (χ1n) is 5.31. The van der Waals surface area contributed by atoms with Crippen molar-refractivity contribution in [3.8, 4) is 0 Å². The third-order valence-electron chi connectivity index (χ3n) is 2.42. The van der Waals surface area contributed by atoms with Crippen molar-refractivity contribution in [1.82, 2.24) is 0 Å². The quantitative estimate of drug-likeness (QED) is 0.432. The number of hydrogen-bond acceptors (Lipinski definition) is 6. The van der Waals surface area contributed by atoms with Crippen LogP contribution < -0.4 is 11.5 Å². The molecule has 0 aromatic rings. The van der Waals surface area contributed by atoms with Crippen LogP contribution in [0.15, 0.2) is 0 Å². The molecule has 0 aliphatic heterocycles. The number of ketones is 1. The Balaban J connectivity index is 4.41. The molecule has 0 aliphatic rings. The Labute approximate surface area is 109 Å². The molecular weight excluding hydrogens is 260 g/mol. The molecular formula is C10H18N2O5S. The third-order valence-corrected chi connectivity index (χ3v) is 3.42. The zero-order chi connectivity index (χ0) is 14.3. The van der Waals surface area contributed by atoms with Crippen LogP contribution in [0.3, 0.4) is 0 Å². The zero-order valence-electron chi connectivity index (χ0n) is 10.0. The van der Waals surface area contributed by atoms with Crippen molar-refractivity contribution in [2.75, 3.05) is 6.26 Å². The predicted molar refractivity (Wildman–Crippen MR) is 67.4 cm³/mol. The molecule has 0 spiro atoms. The Bertz CT molecular complexity index is 323. The summed E-state index contributed by atoms with van der Waals surface area (Å²) in [4.78, 5) is 32.8. The molecule has 1 unspecified atom stereocenters. The summed E-state index contributed by atoms with van der Waals surface area (Å²) in [5.41, 5.74) is 10.9. The molecule has 0 rings (SSSR count). The molecule has 0 aliphatic carbocycles. The van der Waals surface area contributed by atoms with Gasteiger partial charge in [-0.3, -0.25) is 14.4 Å².